The molecule has 0 fully saturated rings. The Balaban J connectivity index is 2.05. The summed E-state index contributed by atoms with van der Waals surface area (Å²) in [6.07, 6.45) is 1.82. The molecule has 2 aromatic rings. The average molecular weight is 303 g/mol. The molecule has 21 heavy (non-hydrogen) atoms. The molecule has 0 N–H and O–H groups in total. The highest BCUT2D eigenvalue weighted by Crippen LogP contribution is 2.18. The quantitative estimate of drug-likeness (QED) is 0.580. The molecular formula is C16H21N3OS. The van der Waals surface area contributed by atoms with Gasteiger partial charge in [-0.15, -0.1) is 11.8 Å². The second-order valence-corrected chi connectivity index (χ2v) is 6.65. The van der Waals surface area contributed by atoms with Crippen LogP contribution in [0.4, 0.5) is 0 Å². The number of ketones is 1. The zero-order valence-corrected chi connectivity index (χ0v) is 13.6. The third-order valence-electron chi connectivity index (χ3n) is 3.04. The van der Waals surface area contributed by atoms with Crippen LogP contribution in [0.25, 0.3) is 0 Å². The van der Waals surface area contributed by atoms with Gasteiger partial charge in [-0.2, -0.15) is 5.10 Å². The summed E-state index contributed by atoms with van der Waals surface area (Å²) >= 11 is 1.77. The summed E-state index contributed by atoms with van der Waals surface area (Å²) in [6, 6.07) is 7.79. The fourth-order valence-corrected chi connectivity index (χ4v) is 2.73. The monoisotopic (exact) mass is 303 g/mol. The van der Waals surface area contributed by atoms with Crippen molar-refractivity contribution >= 4 is 17.5 Å². The predicted octanol–water partition coefficient (Wildman–Crippen LogP) is 3.47. The molecule has 0 amide bonds. The van der Waals surface area contributed by atoms with Crippen LogP contribution in [0.5, 0.6) is 0 Å². The number of hydrogen-bond acceptors (Lipinski definition) is 4. The van der Waals surface area contributed by atoms with Crippen LogP contribution in [0, 0.1) is 5.92 Å². The van der Waals surface area contributed by atoms with Crippen LogP contribution in [-0.2, 0) is 13.0 Å². The van der Waals surface area contributed by atoms with Crippen LogP contribution in [0.15, 0.2) is 35.5 Å². The molecule has 0 aliphatic rings. The highest BCUT2D eigenvalue weighted by atomic mass is 32.2. The molecule has 0 atom stereocenters. The van der Waals surface area contributed by atoms with Crippen molar-refractivity contribution in [2.75, 3.05) is 5.75 Å². The van der Waals surface area contributed by atoms with Crippen molar-refractivity contribution in [3.8, 4) is 0 Å². The number of rotatable bonds is 7. The van der Waals surface area contributed by atoms with Crippen LogP contribution in [-0.4, -0.2) is 26.3 Å². The van der Waals surface area contributed by atoms with E-state index in [0.717, 1.165) is 23.7 Å². The Morgan fingerprint density at radius 3 is 2.62 bits per heavy atom. The lowest BCUT2D eigenvalue weighted by Gasteiger charge is -2.08. The van der Waals surface area contributed by atoms with Gasteiger partial charge in [0.2, 0.25) is 0 Å². The molecule has 2 rings (SSSR count). The number of hydrogen-bond donors (Lipinski definition) is 0. The fourth-order valence-electron chi connectivity index (χ4n) is 2.07. The van der Waals surface area contributed by atoms with Crippen molar-refractivity contribution in [3.63, 3.8) is 0 Å². The highest BCUT2D eigenvalue weighted by molar-refractivity contribution is 7.99. The van der Waals surface area contributed by atoms with Gasteiger partial charge >= 0.3 is 0 Å². The van der Waals surface area contributed by atoms with E-state index < -0.39 is 0 Å². The van der Waals surface area contributed by atoms with Crippen molar-refractivity contribution in [2.45, 2.75) is 38.6 Å². The summed E-state index contributed by atoms with van der Waals surface area (Å²) in [5.74, 6) is 2.33. The minimum atomic E-state index is 0.0843. The van der Waals surface area contributed by atoms with E-state index in [9.17, 15) is 4.79 Å². The number of Topliss-reactive ketones (excluding diaryl/α,β-unsaturated/α-hetero) is 1. The molecule has 1 aromatic heterocycles. The van der Waals surface area contributed by atoms with Crippen molar-refractivity contribution in [1.29, 1.82) is 0 Å². The minimum absolute atomic E-state index is 0.0843. The Hall–Kier alpha value is -1.62. The topological polar surface area (TPSA) is 47.8 Å². The van der Waals surface area contributed by atoms with E-state index >= 15 is 0 Å². The van der Waals surface area contributed by atoms with Gasteiger partial charge in [0.05, 0.1) is 6.42 Å². The Morgan fingerprint density at radius 2 is 2.00 bits per heavy atom. The lowest BCUT2D eigenvalue weighted by molar-refractivity contribution is 0.0989. The summed E-state index contributed by atoms with van der Waals surface area (Å²) in [6.45, 7) is 7.15. The molecule has 1 heterocycles. The van der Waals surface area contributed by atoms with Crippen LogP contribution in [0.3, 0.4) is 0 Å². The first-order valence-electron chi connectivity index (χ1n) is 7.23. The standard InChI is InChI=1S/C16H21N3OS/c1-4-21-14-7-5-13(6-8-14)15(20)9-16-17-11-18-19(16)10-12(2)3/h5-8,11-12H,4,9-10H2,1-3H3. The van der Waals surface area contributed by atoms with Crippen molar-refractivity contribution in [1.82, 2.24) is 14.8 Å². The van der Waals surface area contributed by atoms with Crippen LogP contribution < -0.4 is 0 Å². The molecule has 0 saturated heterocycles. The first-order valence-corrected chi connectivity index (χ1v) is 8.21. The molecule has 0 spiro atoms. The maximum atomic E-state index is 12.3. The van der Waals surface area contributed by atoms with Gasteiger partial charge in [0.25, 0.3) is 0 Å². The molecule has 0 aliphatic carbocycles. The second-order valence-electron chi connectivity index (χ2n) is 5.31. The SMILES string of the molecule is CCSc1ccc(C(=O)Cc2ncnn2CC(C)C)cc1. The molecule has 0 unspecified atom stereocenters. The summed E-state index contributed by atoms with van der Waals surface area (Å²) in [7, 11) is 0. The Bertz CT molecular complexity index is 590. The fraction of sp³-hybridized carbons (Fsp3) is 0.438. The third-order valence-corrected chi connectivity index (χ3v) is 3.93. The smallest absolute Gasteiger partial charge is 0.170 e. The number of carbonyl (C=O) groups is 1. The van der Waals surface area contributed by atoms with Gasteiger partial charge in [-0.1, -0.05) is 32.9 Å². The Kier molecular flexibility index (Phi) is 5.56. The summed E-state index contributed by atoms with van der Waals surface area (Å²) in [4.78, 5) is 17.7. The van der Waals surface area contributed by atoms with E-state index in [1.807, 2.05) is 28.9 Å². The first-order chi connectivity index (χ1) is 10.1. The normalized spacial score (nSPS) is 11.0. The van der Waals surface area contributed by atoms with Gasteiger partial charge in [0.15, 0.2) is 5.78 Å². The molecule has 0 radical (unpaired) electrons. The highest BCUT2D eigenvalue weighted by Gasteiger charge is 2.13. The van der Waals surface area contributed by atoms with Gasteiger partial charge in [-0.25, -0.2) is 9.67 Å². The number of aromatic nitrogens is 3. The molecule has 0 bridgehead atoms. The summed E-state index contributed by atoms with van der Waals surface area (Å²) in [5.41, 5.74) is 0.731. The van der Waals surface area contributed by atoms with Crippen LogP contribution in [0.2, 0.25) is 0 Å². The largest absolute Gasteiger partial charge is 0.294 e. The van der Waals surface area contributed by atoms with E-state index in [-0.39, 0.29) is 5.78 Å². The van der Waals surface area contributed by atoms with Gasteiger partial charge in [-0.05, 0) is 23.8 Å². The molecule has 112 valence electrons. The van der Waals surface area contributed by atoms with Crippen LogP contribution in [0.1, 0.15) is 37.0 Å². The maximum absolute atomic E-state index is 12.3. The summed E-state index contributed by atoms with van der Waals surface area (Å²) < 4.78 is 1.82. The van der Waals surface area contributed by atoms with Crippen molar-refractivity contribution in [3.05, 3.63) is 42.0 Å². The van der Waals surface area contributed by atoms with Gasteiger partial charge in [0.1, 0.15) is 12.2 Å². The number of nitrogens with zero attached hydrogens (tertiary/aromatic N) is 3. The average Bonchev–Trinajstić information content (AvgIpc) is 2.86. The second kappa shape index (κ2) is 7.41. The van der Waals surface area contributed by atoms with E-state index in [4.69, 9.17) is 0 Å². The van der Waals surface area contributed by atoms with E-state index in [2.05, 4.69) is 30.9 Å². The number of carbonyl (C=O) groups excluding carboxylic acids is 1. The zero-order chi connectivity index (χ0) is 15.2. The Morgan fingerprint density at radius 1 is 1.29 bits per heavy atom. The maximum Gasteiger partial charge on any atom is 0.170 e. The van der Waals surface area contributed by atoms with Gasteiger partial charge < -0.3 is 0 Å². The number of thioether (sulfide) groups is 1. The zero-order valence-electron chi connectivity index (χ0n) is 12.7. The lowest BCUT2D eigenvalue weighted by Crippen LogP contribution is -2.14. The van der Waals surface area contributed by atoms with Gasteiger partial charge in [-0.3, -0.25) is 4.79 Å². The van der Waals surface area contributed by atoms with E-state index in [1.165, 1.54) is 11.2 Å². The third kappa shape index (κ3) is 4.43. The molecule has 4 nitrogen and oxygen atoms in total. The first kappa shape index (κ1) is 15.8. The van der Waals surface area contributed by atoms with Crippen LogP contribution >= 0.6 is 11.8 Å². The summed E-state index contributed by atoms with van der Waals surface area (Å²) in [5, 5.41) is 4.19. The Labute approximate surface area is 130 Å². The molecule has 0 aliphatic heterocycles. The molecule has 0 saturated carbocycles. The van der Waals surface area contributed by atoms with Crippen molar-refractivity contribution < 1.29 is 4.79 Å². The minimum Gasteiger partial charge on any atom is -0.294 e. The van der Waals surface area contributed by atoms with Gasteiger partial charge in [0, 0.05) is 17.0 Å². The predicted molar refractivity (Wildman–Crippen MR) is 85.7 cm³/mol. The molecule has 5 heteroatoms. The van der Waals surface area contributed by atoms with E-state index in [0.29, 0.717) is 12.3 Å². The number of benzene rings is 1. The molecular weight excluding hydrogens is 282 g/mol. The lowest BCUT2D eigenvalue weighted by atomic mass is 10.1. The van der Waals surface area contributed by atoms with Crippen molar-refractivity contribution in [2.24, 2.45) is 5.92 Å². The molecule has 1 aromatic carbocycles. The van der Waals surface area contributed by atoms with E-state index in [1.54, 1.807) is 11.8 Å².